The first-order valence-corrected chi connectivity index (χ1v) is 11.4. The van der Waals surface area contributed by atoms with Gasteiger partial charge in [0.25, 0.3) is 0 Å². The van der Waals surface area contributed by atoms with Crippen molar-refractivity contribution in [2.45, 2.75) is 45.1 Å². The van der Waals surface area contributed by atoms with Crippen molar-refractivity contribution < 1.29 is 24.2 Å². The third-order valence-electron chi connectivity index (χ3n) is 6.50. The van der Waals surface area contributed by atoms with E-state index in [9.17, 15) is 14.4 Å². The Morgan fingerprint density at radius 2 is 1.61 bits per heavy atom. The molecule has 0 radical (unpaired) electrons. The van der Waals surface area contributed by atoms with E-state index in [0.29, 0.717) is 6.42 Å². The molecule has 2 aromatic carbocycles. The topological polar surface area (TPSA) is 95.9 Å². The van der Waals surface area contributed by atoms with Crippen molar-refractivity contribution in [3.63, 3.8) is 0 Å². The van der Waals surface area contributed by atoms with Gasteiger partial charge in [0.15, 0.2) is 0 Å². The van der Waals surface area contributed by atoms with Crippen LogP contribution in [-0.2, 0) is 14.3 Å². The molecule has 33 heavy (non-hydrogen) atoms. The van der Waals surface area contributed by atoms with Crippen molar-refractivity contribution in [3.8, 4) is 11.1 Å². The van der Waals surface area contributed by atoms with Gasteiger partial charge in [0, 0.05) is 23.9 Å². The summed E-state index contributed by atoms with van der Waals surface area (Å²) in [7, 11) is 0. The first-order chi connectivity index (χ1) is 15.8. The van der Waals surface area contributed by atoms with Crippen molar-refractivity contribution >= 4 is 18.0 Å². The molecule has 4 rings (SSSR count). The first kappa shape index (κ1) is 22.8. The van der Waals surface area contributed by atoms with E-state index in [1.165, 1.54) is 16.0 Å². The Balaban J connectivity index is 1.29. The highest BCUT2D eigenvalue weighted by molar-refractivity contribution is 5.86. The SMILES string of the molecule is CC(C)(CCNC(=O)OCC1c2ccccc2-c2ccccc21)C(=O)N(CC(=O)O)C1CC1. The van der Waals surface area contributed by atoms with Crippen LogP contribution in [0.3, 0.4) is 0 Å². The fraction of sp³-hybridized carbons (Fsp3) is 0.423. The lowest BCUT2D eigenvalue weighted by Gasteiger charge is -2.31. The van der Waals surface area contributed by atoms with Gasteiger partial charge in [-0.05, 0) is 41.5 Å². The molecule has 2 aliphatic carbocycles. The van der Waals surface area contributed by atoms with E-state index in [4.69, 9.17) is 9.84 Å². The highest BCUT2D eigenvalue weighted by atomic mass is 16.5. The molecule has 174 valence electrons. The number of benzene rings is 2. The van der Waals surface area contributed by atoms with Crippen molar-refractivity contribution in [2.24, 2.45) is 5.41 Å². The number of alkyl carbamates (subject to hydrolysis) is 1. The van der Waals surface area contributed by atoms with Crippen molar-refractivity contribution in [1.29, 1.82) is 0 Å². The maximum Gasteiger partial charge on any atom is 0.407 e. The Morgan fingerprint density at radius 1 is 1.03 bits per heavy atom. The summed E-state index contributed by atoms with van der Waals surface area (Å²) in [6.07, 6.45) is 1.55. The number of carbonyl (C=O) groups is 3. The van der Waals surface area contributed by atoms with Crippen LogP contribution < -0.4 is 5.32 Å². The van der Waals surface area contributed by atoms with E-state index in [0.717, 1.165) is 24.0 Å². The first-order valence-electron chi connectivity index (χ1n) is 11.4. The third-order valence-corrected chi connectivity index (χ3v) is 6.50. The number of ether oxygens (including phenoxy) is 1. The maximum atomic E-state index is 12.9. The fourth-order valence-electron chi connectivity index (χ4n) is 4.52. The lowest BCUT2D eigenvalue weighted by atomic mass is 9.87. The van der Waals surface area contributed by atoms with Crippen LogP contribution in [-0.4, -0.2) is 53.7 Å². The van der Waals surface area contributed by atoms with Gasteiger partial charge in [-0.1, -0.05) is 62.4 Å². The van der Waals surface area contributed by atoms with Gasteiger partial charge in [0.2, 0.25) is 5.91 Å². The van der Waals surface area contributed by atoms with Crippen molar-refractivity contribution in [3.05, 3.63) is 59.7 Å². The number of nitrogens with zero attached hydrogens (tertiary/aromatic N) is 1. The van der Waals surface area contributed by atoms with Gasteiger partial charge in [-0.3, -0.25) is 9.59 Å². The molecule has 1 saturated carbocycles. The molecule has 7 nitrogen and oxygen atoms in total. The summed E-state index contributed by atoms with van der Waals surface area (Å²) in [5.74, 6) is -1.21. The number of aliphatic carboxylic acids is 1. The molecule has 0 aliphatic heterocycles. The Morgan fingerprint density at radius 3 is 2.15 bits per heavy atom. The largest absolute Gasteiger partial charge is 0.480 e. The molecule has 2 aromatic rings. The highest BCUT2D eigenvalue weighted by Gasteiger charge is 2.40. The molecule has 7 heteroatoms. The number of carbonyl (C=O) groups excluding carboxylic acids is 2. The standard InChI is InChI=1S/C26H30N2O5/c1-26(2,24(31)28(15-23(29)30)17-11-12-17)13-14-27-25(32)33-16-22-20-9-5-3-7-18(20)19-8-4-6-10-21(19)22/h3-10,17,22H,11-16H2,1-2H3,(H,27,32)(H,29,30). The highest BCUT2D eigenvalue weighted by Crippen LogP contribution is 2.44. The molecule has 2 amide bonds. The van der Waals surface area contributed by atoms with Crippen LogP contribution in [0.1, 0.15) is 50.2 Å². The fourth-order valence-corrected chi connectivity index (χ4v) is 4.52. The van der Waals surface area contributed by atoms with Crippen LogP contribution in [0.15, 0.2) is 48.5 Å². The molecular weight excluding hydrogens is 420 g/mol. The van der Waals surface area contributed by atoms with Gasteiger partial charge in [-0.2, -0.15) is 0 Å². The van der Waals surface area contributed by atoms with Crippen molar-refractivity contribution in [1.82, 2.24) is 10.2 Å². The van der Waals surface area contributed by atoms with Crippen molar-refractivity contribution in [2.75, 3.05) is 19.7 Å². The van der Waals surface area contributed by atoms with Gasteiger partial charge in [0.1, 0.15) is 13.2 Å². The lowest BCUT2D eigenvalue weighted by molar-refractivity contribution is -0.149. The number of carboxylic acid groups (broad SMARTS) is 1. The molecule has 2 N–H and O–H groups in total. The Bertz CT molecular complexity index is 1010. The van der Waals surface area contributed by atoms with E-state index < -0.39 is 17.5 Å². The molecule has 0 heterocycles. The summed E-state index contributed by atoms with van der Waals surface area (Å²) in [5, 5.41) is 11.9. The Hall–Kier alpha value is -3.35. The molecule has 0 aromatic heterocycles. The average Bonchev–Trinajstić information content (AvgIpc) is 3.58. The van der Waals surface area contributed by atoms with Gasteiger partial charge in [-0.25, -0.2) is 4.79 Å². The lowest BCUT2D eigenvalue weighted by Crippen LogP contribution is -2.46. The second-order valence-corrected chi connectivity index (χ2v) is 9.44. The average molecular weight is 451 g/mol. The number of fused-ring (bicyclic) bond motifs is 3. The summed E-state index contributed by atoms with van der Waals surface area (Å²) >= 11 is 0. The van der Waals surface area contributed by atoms with Gasteiger partial charge < -0.3 is 20.1 Å². The minimum Gasteiger partial charge on any atom is -0.480 e. The second-order valence-electron chi connectivity index (χ2n) is 9.44. The summed E-state index contributed by atoms with van der Waals surface area (Å²) < 4.78 is 5.54. The van der Waals surface area contributed by atoms with E-state index >= 15 is 0 Å². The van der Waals surface area contributed by atoms with Gasteiger partial charge in [-0.15, -0.1) is 0 Å². The van der Waals surface area contributed by atoms with Gasteiger partial charge in [0.05, 0.1) is 0 Å². The molecule has 2 aliphatic rings. The summed E-state index contributed by atoms with van der Waals surface area (Å²) in [6.45, 7) is 3.78. The summed E-state index contributed by atoms with van der Waals surface area (Å²) in [6, 6.07) is 16.3. The monoisotopic (exact) mass is 450 g/mol. The van der Waals surface area contributed by atoms with Crippen LogP contribution in [0.25, 0.3) is 11.1 Å². The number of carboxylic acids is 1. The minimum absolute atomic E-state index is 0.00992. The number of hydrogen-bond donors (Lipinski definition) is 2. The summed E-state index contributed by atoms with van der Waals surface area (Å²) in [5.41, 5.74) is 3.86. The third kappa shape index (κ3) is 5.02. The quantitative estimate of drug-likeness (QED) is 0.602. The van der Waals surface area contributed by atoms with Crippen LogP contribution in [0.4, 0.5) is 4.79 Å². The zero-order valence-corrected chi connectivity index (χ0v) is 19.0. The smallest absolute Gasteiger partial charge is 0.407 e. The van der Waals surface area contributed by atoms with E-state index in [1.807, 2.05) is 24.3 Å². The summed E-state index contributed by atoms with van der Waals surface area (Å²) in [4.78, 5) is 37.9. The minimum atomic E-state index is -1.01. The van der Waals surface area contributed by atoms with E-state index in [-0.39, 0.29) is 37.6 Å². The van der Waals surface area contributed by atoms with Crippen LogP contribution in [0.5, 0.6) is 0 Å². The van der Waals surface area contributed by atoms with Crippen LogP contribution in [0, 0.1) is 5.41 Å². The van der Waals surface area contributed by atoms with E-state index in [2.05, 4.69) is 29.6 Å². The normalized spacial score (nSPS) is 14.8. The van der Waals surface area contributed by atoms with Crippen LogP contribution in [0.2, 0.25) is 0 Å². The number of amides is 2. The molecule has 0 unspecified atom stereocenters. The predicted molar refractivity (Wildman–Crippen MR) is 124 cm³/mol. The zero-order valence-electron chi connectivity index (χ0n) is 19.0. The number of nitrogens with one attached hydrogen (secondary N) is 1. The second kappa shape index (κ2) is 9.25. The molecular formula is C26H30N2O5. The Labute approximate surface area is 193 Å². The molecule has 1 fully saturated rings. The number of rotatable bonds is 9. The maximum absolute atomic E-state index is 12.9. The molecule has 0 atom stereocenters. The van der Waals surface area contributed by atoms with E-state index in [1.54, 1.807) is 13.8 Å². The molecule has 0 bridgehead atoms. The predicted octanol–water partition coefficient (Wildman–Crippen LogP) is 4.02. The van der Waals surface area contributed by atoms with Gasteiger partial charge >= 0.3 is 12.1 Å². The zero-order chi connectivity index (χ0) is 23.6. The Kier molecular flexibility index (Phi) is 6.40. The number of hydrogen-bond acceptors (Lipinski definition) is 4. The molecule has 0 spiro atoms. The molecule has 0 saturated heterocycles. The van der Waals surface area contributed by atoms with Crippen LogP contribution >= 0.6 is 0 Å².